The zero-order chi connectivity index (χ0) is 18.2. The molecule has 1 atom stereocenters. The van der Waals surface area contributed by atoms with Crippen molar-refractivity contribution in [1.29, 1.82) is 0 Å². The molecule has 0 radical (unpaired) electrons. The van der Waals surface area contributed by atoms with Gasteiger partial charge in [-0.2, -0.15) is 18.3 Å². The van der Waals surface area contributed by atoms with Crippen molar-refractivity contribution in [3.05, 3.63) is 66.4 Å². The van der Waals surface area contributed by atoms with Gasteiger partial charge in [0.15, 0.2) is 5.69 Å². The van der Waals surface area contributed by atoms with Crippen molar-refractivity contribution in [3.8, 4) is 16.9 Å². The van der Waals surface area contributed by atoms with Gasteiger partial charge in [0.25, 0.3) is 0 Å². The summed E-state index contributed by atoms with van der Waals surface area (Å²) in [7, 11) is -2.88. The molecule has 0 amide bonds. The van der Waals surface area contributed by atoms with Gasteiger partial charge < -0.3 is 0 Å². The fourth-order valence-electron chi connectivity index (χ4n) is 2.35. The third kappa shape index (κ3) is 3.59. The van der Waals surface area contributed by atoms with Crippen LogP contribution in [0.5, 0.6) is 0 Å². The summed E-state index contributed by atoms with van der Waals surface area (Å²) in [5, 5.41) is 9.18. The summed E-state index contributed by atoms with van der Waals surface area (Å²) in [5.41, 5.74) is 0.254. The second kappa shape index (κ2) is 6.05. The van der Waals surface area contributed by atoms with Crippen molar-refractivity contribution in [2.75, 3.05) is 0 Å². The average molecular weight is 365 g/mol. The topological polar surface area (TPSA) is 60.9 Å². The lowest BCUT2D eigenvalue weighted by Crippen LogP contribution is -2.11. The molecule has 0 spiro atoms. The third-order valence-electron chi connectivity index (χ3n) is 3.55. The molecular formula is C17H14F3N3OS. The van der Waals surface area contributed by atoms with E-state index in [0.29, 0.717) is 16.1 Å². The molecule has 0 saturated heterocycles. The number of nitrogens with two attached hydrogens (primary N) is 1. The number of hydrogen-bond donors (Lipinski definition) is 1. The number of nitrogens with zero attached hydrogens (tertiary/aromatic N) is 2. The van der Waals surface area contributed by atoms with Crippen LogP contribution < -0.4 is 5.14 Å². The molecule has 2 N–H and O–H groups in total. The van der Waals surface area contributed by atoms with Gasteiger partial charge in [0.05, 0.1) is 21.1 Å². The number of alkyl halides is 3. The first-order valence-corrected chi connectivity index (χ1v) is 8.93. The van der Waals surface area contributed by atoms with Crippen molar-refractivity contribution < 1.29 is 17.4 Å². The molecule has 3 aromatic rings. The van der Waals surface area contributed by atoms with E-state index in [1.165, 1.54) is 16.8 Å². The van der Waals surface area contributed by atoms with E-state index in [1.807, 2.05) is 0 Å². The van der Waals surface area contributed by atoms with Crippen molar-refractivity contribution in [2.45, 2.75) is 11.1 Å². The van der Waals surface area contributed by atoms with Crippen LogP contribution in [0.1, 0.15) is 5.69 Å². The Balaban J connectivity index is 2.16. The maximum Gasteiger partial charge on any atom is 0.435 e. The highest BCUT2D eigenvalue weighted by molar-refractivity contribution is 7.98. The van der Waals surface area contributed by atoms with Crippen molar-refractivity contribution in [3.63, 3.8) is 0 Å². The maximum atomic E-state index is 13.1. The number of hydrogen-bond acceptors (Lipinski definition) is 2. The van der Waals surface area contributed by atoms with Gasteiger partial charge >= 0.3 is 6.18 Å². The van der Waals surface area contributed by atoms with Gasteiger partial charge in [-0.3, -0.25) is 5.14 Å². The number of rotatable bonds is 3. The van der Waals surface area contributed by atoms with E-state index < -0.39 is 21.6 Å². The van der Waals surface area contributed by atoms with Gasteiger partial charge in [-0.05, 0) is 36.2 Å². The lowest BCUT2D eigenvalue weighted by molar-refractivity contribution is -0.141. The highest BCUT2D eigenvalue weighted by atomic mass is 32.2. The van der Waals surface area contributed by atoms with Crippen molar-refractivity contribution >= 4 is 15.6 Å². The number of benzene rings is 2. The molecule has 1 aromatic heterocycles. The summed E-state index contributed by atoms with van der Waals surface area (Å²) < 4.78 is 52.3. The Morgan fingerprint density at radius 3 is 2.16 bits per heavy atom. The van der Waals surface area contributed by atoms with Crippen LogP contribution in [-0.4, -0.2) is 19.9 Å². The monoisotopic (exact) mass is 365 g/mol. The minimum absolute atomic E-state index is 0.262. The molecule has 0 aliphatic heterocycles. The number of halogens is 3. The fraction of sp³-hybridized carbons (Fsp3) is 0.0588. The van der Waals surface area contributed by atoms with Gasteiger partial charge in [-0.25, -0.2) is 8.89 Å². The van der Waals surface area contributed by atoms with Gasteiger partial charge in [-0.1, -0.05) is 30.3 Å². The molecule has 0 bridgehead atoms. The first-order chi connectivity index (χ1) is 11.7. The van der Waals surface area contributed by atoms with Crippen LogP contribution in [0.3, 0.4) is 0 Å². The smallest absolute Gasteiger partial charge is 0.256 e. The molecule has 0 aliphatic carbocycles. The van der Waals surface area contributed by atoms with Crippen LogP contribution in [0, 0.1) is 0 Å². The SMILES string of the molecule is C=S(N)(=O)c1ccc(-c2cc(C(F)(F)F)nn2-c2ccccc2)cc1. The van der Waals surface area contributed by atoms with E-state index in [-0.39, 0.29) is 5.69 Å². The second-order valence-corrected chi connectivity index (χ2v) is 7.33. The quantitative estimate of drug-likeness (QED) is 0.722. The van der Waals surface area contributed by atoms with Crippen molar-refractivity contribution in [1.82, 2.24) is 9.78 Å². The Bertz CT molecular complexity index is 992. The Kier molecular flexibility index (Phi) is 4.18. The predicted octanol–water partition coefficient (Wildman–Crippen LogP) is 3.51. The van der Waals surface area contributed by atoms with Crippen LogP contribution in [0.25, 0.3) is 16.9 Å². The molecule has 8 heteroatoms. The zero-order valence-electron chi connectivity index (χ0n) is 12.9. The molecule has 0 saturated carbocycles. The first-order valence-electron chi connectivity index (χ1n) is 7.14. The molecule has 0 fully saturated rings. The molecule has 3 rings (SSSR count). The highest BCUT2D eigenvalue weighted by Crippen LogP contribution is 2.33. The summed E-state index contributed by atoms with van der Waals surface area (Å²) in [5.74, 6) is 3.38. The van der Waals surface area contributed by atoms with E-state index in [4.69, 9.17) is 5.14 Å². The van der Waals surface area contributed by atoms with E-state index in [9.17, 15) is 17.4 Å². The minimum Gasteiger partial charge on any atom is -0.256 e. The molecule has 4 nitrogen and oxygen atoms in total. The van der Waals surface area contributed by atoms with Gasteiger partial charge in [-0.15, -0.1) is 0 Å². The summed E-state index contributed by atoms with van der Waals surface area (Å²) in [6, 6.07) is 15.5. The van der Waals surface area contributed by atoms with E-state index >= 15 is 0 Å². The van der Waals surface area contributed by atoms with Crippen LogP contribution in [0.4, 0.5) is 13.2 Å². The van der Waals surface area contributed by atoms with Crippen LogP contribution in [0.15, 0.2) is 65.6 Å². The Labute approximate surface area is 142 Å². The van der Waals surface area contributed by atoms with Crippen LogP contribution in [0.2, 0.25) is 0 Å². The van der Waals surface area contributed by atoms with Crippen molar-refractivity contribution in [2.24, 2.45) is 5.14 Å². The largest absolute Gasteiger partial charge is 0.435 e. The zero-order valence-corrected chi connectivity index (χ0v) is 13.7. The van der Waals surface area contributed by atoms with Gasteiger partial charge in [0.1, 0.15) is 0 Å². The van der Waals surface area contributed by atoms with Gasteiger partial charge in [0.2, 0.25) is 0 Å². The Hall–Kier alpha value is -2.58. The highest BCUT2D eigenvalue weighted by Gasteiger charge is 2.35. The molecule has 1 heterocycles. The number of aromatic nitrogens is 2. The maximum absolute atomic E-state index is 13.1. The molecule has 2 aromatic carbocycles. The lowest BCUT2D eigenvalue weighted by atomic mass is 10.1. The summed E-state index contributed by atoms with van der Waals surface area (Å²) in [6.07, 6.45) is -4.56. The van der Waals surface area contributed by atoms with Gasteiger partial charge in [0, 0.05) is 10.5 Å². The second-order valence-electron chi connectivity index (χ2n) is 5.41. The normalized spacial score (nSPS) is 14.2. The van der Waals surface area contributed by atoms with E-state index in [2.05, 4.69) is 11.0 Å². The summed E-state index contributed by atoms with van der Waals surface area (Å²) >= 11 is 0. The summed E-state index contributed by atoms with van der Waals surface area (Å²) in [6.45, 7) is 0. The molecule has 130 valence electrons. The Morgan fingerprint density at radius 2 is 1.64 bits per heavy atom. The molecule has 0 aliphatic rings. The summed E-state index contributed by atoms with van der Waals surface area (Å²) in [4.78, 5) is 0.318. The molecule has 25 heavy (non-hydrogen) atoms. The van der Waals surface area contributed by atoms with E-state index in [0.717, 1.165) is 6.07 Å². The van der Waals surface area contributed by atoms with Crippen LogP contribution >= 0.6 is 0 Å². The standard InChI is InChI=1S/C17H14F3N3OS/c1-25(21,24)14-9-7-12(8-10-14)15-11-16(17(18,19)20)22-23(15)13-5-3-2-4-6-13/h2-11H,1H2,(H2,21,24). The Morgan fingerprint density at radius 1 is 1.04 bits per heavy atom. The fourth-order valence-corrected chi connectivity index (χ4v) is 2.94. The first kappa shape index (κ1) is 17.2. The molecular weight excluding hydrogens is 351 g/mol. The average Bonchev–Trinajstić information content (AvgIpc) is 3.00. The minimum atomic E-state index is -4.56. The lowest BCUT2D eigenvalue weighted by Gasteiger charge is -2.09. The predicted molar refractivity (Wildman–Crippen MR) is 91.7 cm³/mol. The third-order valence-corrected chi connectivity index (χ3v) is 4.62. The van der Waals surface area contributed by atoms with E-state index in [1.54, 1.807) is 42.5 Å². The van der Waals surface area contributed by atoms with Crippen LogP contribution in [-0.2, 0) is 15.9 Å². The number of para-hydroxylation sites is 1. The molecule has 1 unspecified atom stereocenters.